The molecule has 3 aromatic carbocycles. The van der Waals surface area contributed by atoms with E-state index in [2.05, 4.69) is 5.32 Å². The summed E-state index contributed by atoms with van der Waals surface area (Å²) in [5, 5.41) is 2.91. The zero-order valence-corrected chi connectivity index (χ0v) is 24.4. The minimum atomic E-state index is -3.85. The third kappa shape index (κ3) is 8.47. The molecule has 0 aliphatic heterocycles. The second-order valence-corrected chi connectivity index (χ2v) is 11.5. The number of hydrogen-bond donors (Lipinski definition) is 1. The Kier molecular flexibility index (Phi) is 10.6. The van der Waals surface area contributed by atoms with Crippen LogP contribution in [0.3, 0.4) is 0 Å². The SMILES string of the molecule is CC[C@@H](C)NC(=O)[C@H](C)N(Cc1cccc(OC)c1)C(=O)CN(c1ccc(Oc2ccccc2)cc1)S(C)(=O)=O. The summed E-state index contributed by atoms with van der Waals surface area (Å²) in [4.78, 5) is 28.1. The first kappa shape index (κ1) is 30.5. The van der Waals surface area contributed by atoms with E-state index < -0.39 is 28.5 Å². The van der Waals surface area contributed by atoms with Crippen LogP contribution in [0.1, 0.15) is 32.8 Å². The van der Waals surface area contributed by atoms with Crippen molar-refractivity contribution < 1.29 is 27.5 Å². The lowest BCUT2D eigenvalue weighted by atomic mass is 10.1. The Morgan fingerprint density at radius 3 is 2.12 bits per heavy atom. The van der Waals surface area contributed by atoms with Crippen molar-refractivity contribution in [3.05, 3.63) is 84.4 Å². The molecular weight excluding hydrogens is 530 g/mol. The van der Waals surface area contributed by atoms with Gasteiger partial charge in [0.05, 0.1) is 19.1 Å². The topological polar surface area (TPSA) is 105 Å². The fraction of sp³-hybridized carbons (Fsp3) is 0.333. The smallest absolute Gasteiger partial charge is 0.244 e. The molecule has 2 amide bonds. The number of rotatable bonds is 13. The number of nitrogens with zero attached hydrogens (tertiary/aromatic N) is 2. The molecule has 1 N–H and O–H groups in total. The molecule has 0 fully saturated rings. The fourth-order valence-electron chi connectivity index (χ4n) is 3.93. The quantitative estimate of drug-likeness (QED) is 0.324. The van der Waals surface area contributed by atoms with Crippen LogP contribution in [0, 0.1) is 0 Å². The van der Waals surface area contributed by atoms with E-state index in [-0.39, 0.29) is 18.5 Å². The third-order valence-corrected chi connectivity index (χ3v) is 7.58. The summed E-state index contributed by atoms with van der Waals surface area (Å²) in [6.45, 7) is 5.08. The lowest BCUT2D eigenvalue weighted by Crippen LogP contribution is -2.52. The zero-order chi connectivity index (χ0) is 29.3. The van der Waals surface area contributed by atoms with Crippen LogP contribution in [0.4, 0.5) is 5.69 Å². The molecule has 3 rings (SSSR count). The van der Waals surface area contributed by atoms with Crippen LogP contribution in [0.5, 0.6) is 17.2 Å². The summed E-state index contributed by atoms with van der Waals surface area (Å²) in [6.07, 6.45) is 1.77. The Hall–Kier alpha value is -4.05. The number of amides is 2. The van der Waals surface area contributed by atoms with Gasteiger partial charge in [-0.05, 0) is 74.4 Å². The molecule has 0 bridgehead atoms. The van der Waals surface area contributed by atoms with Crippen LogP contribution in [0.15, 0.2) is 78.9 Å². The Bertz CT molecular complexity index is 1380. The monoisotopic (exact) mass is 567 g/mol. The van der Waals surface area contributed by atoms with Crippen molar-refractivity contribution in [2.75, 3.05) is 24.2 Å². The normalized spacial score (nSPS) is 12.6. The number of hydrogen-bond acceptors (Lipinski definition) is 6. The molecule has 0 aliphatic carbocycles. The number of methoxy groups -OCH3 is 1. The molecule has 3 aromatic rings. The lowest BCUT2D eigenvalue weighted by molar-refractivity contribution is -0.139. The predicted molar refractivity (Wildman–Crippen MR) is 156 cm³/mol. The number of carbonyl (C=O) groups excluding carboxylic acids is 2. The molecule has 0 spiro atoms. The van der Waals surface area contributed by atoms with Crippen molar-refractivity contribution >= 4 is 27.5 Å². The highest BCUT2D eigenvalue weighted by Crippen LogP contribution is 2.26. The fourth-order valence-corrected chi connectivity index (χ4v) is 4.78. The third-order valence-electron chi connectivity index (χ3n) is 6.44. The zero-order valence-electron chi connectivity index (χ0n) is 23.5. The molecule has 0 radical (unpaired) electrons. The summed E-state index contributed by atoms with van der Waals surface area (Å²) in [5.41, 5.74) is 1.04. The van der Waals surface area contributed by atoms with Crippen molar-refractivity contribution in [3.63, 3.8) is 0 Å². The maximum Gasteiger partial charge on any atom is 0.244 e. The minimum absolute atomic E-state index is 0.0761. The number of sulfonamides is 1. The van der Waals surface area contributed by atoms with Crippen LogP contribution in [0.25, 0.3) is 0 Å². The molecule has 2 atom stereocenters. The van der Waals surface area contributed by atoms with Gasteiger partial charge >= 0.3 is 0 Å². The molecule has 214 valence electrons. The largest absolute Gasteiger partial charge is 0.497 e. The molecule has 10 heteroatoms. The number of benzene rings is 3. The van der Waals surface area contributed by atoms with E-state index in [1.54, 1.807) is 56.5 Å². The van der Waals surface area contributed by atoms with E-state index in [1.807, 2.05) is 50.2 Å². The Balaban J connectivity index is 1.87. The van der Waals surface area contributed by atoms with E-state index in [9.17, 15) is 18.0 Å². The Morgan fingerprint density at radius 2 is 1.52 bits per heavy atom. The number of ether oxygens (including phenoxy) is 2. The highest BCUT2D eigenvalue weighted by molar-refractivity contribution is 7.92. The van der Waals surface area contributed by atoms with Crippen molar-refractivity contribution in [2.45, 2.75) is 45.8 Å². The van der Waals surface area contributed by atoms with Gasteiger partial charge in [-0.2, -0.15) is 0 Å². The van der Waals surface area contributed by atoms with E-state index in [4.69, 9.17) is 9.47 Å². The molecule has 0 unspecified atom stereocenters. The number of carbonyl (C=O) groups is 2. The summed E-state index contributed by atoms with van der Waals surface area (Å²) in [5.74, 6) is 0.925. The molecule has 9 nitrogen and oxygen atoms in total. The standard InChI is InChI=1S/C30H37N3O6S/c1-6-22(2)31-30(35)23(3)32(20-24-11-10-14-28(19-24)38-4)29(34)21-33(40(5,36)37)25-15-17-27(18-16-25)39-26-12-8-7-9-13-26/h7-19,22-23H,6,20-21H2,1-5H3,(H,31,35)/t22-,23+/m1/s1. The first-order chi connectivity index (χ1) is 19.0. The predicted octanol–water partition coefficient (Wildman–Crippen LogP) is 4.59. The second-order valence-electron chi connectivity index (χ2n) is 9.55. The van der Waals surface area contributed by atoms with Crippen LogP contribution in [-0.2, 0) is 26.2 Å². The van der Waals surface area contributed by atoms with Crippen LogP contribution in [0.2, 0.25) is 0 Å². The van der Waals surface area contributed by atoms with Gasteiger partial charge in [0.1, 0.15) is 29.8 Å². The van der Waals surface area contributed by atoms with Crippen LogP contribution in [-0.4, -0.2) is 57.1 Å². The molecule has 0 heterocycles. The number of nitrogens with one attached hydrogen (secondary N) is 1. The summed E-state index contributed by atoms with van der Waals surface area (Å²) < 4.78 is 37.8. The average Bonchev–Trinajstić information content (AvgIpc) is 2.94. The van der Waals surface area contributed by atoms with Crippen molar-refractivity contribution in [1.29, 1.82) is 0 Å². The van der Waals surface area contributed by atoms with Gasteiger partial charge in [-0.25, -0.2) is 8.42 Å². The number of para-hydroxylation sites is 1. The van der Waals surface area contributed by atoms with E-state index in [0.29, 0.717) is 22.9 Å². The summed E-state index contributed by atoms with van der Waals surface area (Å²) in [6, 6.07) is 21.9. The van der Waals surface area contributed by atoms with Gasteiger partial charge in [0.25, 0.3) is 0 Å². The molecular formula is C30H37N3O6S. The van der Waals surface area contributed by atoms with Gasteiger partial charge in [-0.15, -0.1) is 0 Å². The molecule has 0 saturated heterocycles. The van der Waals surface area contributed by atoms with Gasteiger partial charge in [0.15, 0.2) is 0 Å². The van der Waals surface area contributed by atoms with Crippen LogP contribution >= 0.6 is 0 Å². The first-order valence-electron chi connectivity index (χ1n) is 13.0. The summed E-state index contributed by atoms with van der Waals surface area (Å²) in [7, 11) is -2.30. The van der Waals surface area contributed by atoms with Gasteiger partial charge in [-0.3, -0.25) is 13.9 Å². The first-order valence-corrected chi connectivity index (χ1v) is 14.9. The maximum atomic E-state index is 13.7. The number of anilines is 1. The maximum absolute atomic E-state index is 13.7. The highest BCUT2D eigenvalue weighted by Gasteiger charge is 2.30. The van der Waals surface area contributed by atoms with E-state index in [1.165, 1.54) is 4.90 Å². The van der Waals surface area contributed by atoms with E-state index in [0.717, 1.165) is 22.5 Å². The summed E-state index contributed by atoms with van der Waals surface area (Å²) >= 11 is 0. The molecule has 0 aliphatic rings. The highest BCUT2D eigenvalue weighted by atomic mass is 32.2. The minimum Gasteiger partial charge on any atom is -0.497 e. The van der Waals surface area contributed by atoms with Gasteiger partial charge in [0.2, 0.25) is 21.8 Å². The van der Waals surface area contributed by atoms with Crippen LogP contribution < -0.4 is 19.1 Å². The molecule has 40 heavy (non-hydrogen) atoms. The average molecular weight is 568 g/mol. The second kappa shape index (κ2) is 13.8. The van der Waals surface area contributed by atoms with Crippen molar-refractivity contribution in [1.82, 2.24) is 10.2 Å². The Morgan fingerprint density at radius 1 is 0.900 bits per heavy atom. The van der Waals surface area contributed by atoms with Crippen molar-refractivity contribution in [3.8, 4) is 17.2 Å². The molecule has 0 aromatic heterocycles. The Labute approximate surface area is 236 Å². The van der Waals surface area contributed by atoms with Gasteiger partial charge in [0, 0.05) is 12.6 Å². The van der Waals surface area contributed by atoms with Crippen molar-refractivity contribution in [2.24, 2.45) is 0 Å². The van der Waals surface area contributed by atoms with E-state index >= 15 is 0 Å². The van der Waals surface area contributed by atoms with Gasteiger partial charge in [-0.1, -0.05) is 37.3 Å². The molecule has 0 saturated carbocycles. The lowest BCUT2D eigenvalue weighted by Gasteiger charge is -2.32. The van der Waals surface area contributed by atoms with Gasteiger partial charge < -0.3 is 19.7 Å².